The maximum Gasteiger partial charge on any atom is 0.356 e. The van der Waals surface area contributed by atoms with E-state index < -0.39 is 5.97 Å². The number of benzene rings is 1. The van der Waals surface area contributed by atoms with Crippen LogP contribution in [-0.2, 0) is 0 Å². The predicted octanol–water partition coefficient (Wildman–Crippen LogP) is 2.59. The lowest BCUT2D eigenvalue weighted by atomic mass is 9.95. The lowest BCUT2D eigenvalue weighted by Gasteiger charge is -2.32. The van der Waals surface area contributed by atoms with Crippen LogP contribution in [0.5, 0.6) is 0 Å². The van der Waals surface area contributed by atoms with E-state index in [2.05, 4.69) is 46.2 Å². The number of carboxylic acids is 1. The Morgan fingerprint density at radius 2 is 1.91 bits per heavy atom. The SMILES string of the molecule is Cc1ccccc1C(C(C)Nc1cnc(C(=O)O)cn1)N(C)C. The minimum atomic E-state index is -1.08. The van der Waals surface area contributed by atoms with Gasteiger partial charge >= 0.3 is 5.97 Å². The Bertz CT molecular complexity index is 671. The first-order valence-electron chi connectivity index (χ1n) is 7.44. The number of hydrogen-bond acceptors (Lipinski definition) is 5. The fourth-order valence-electron chi connectivity index (χ4n) is 2.74. The van der Waals surface area contributed by atoms with Crippen molar-refractivity contribution in [1.82, 2.24) is 14.9 Å². The quantitative estimate of drug-likeness (QED) is 0.853. The number of aryl methyl sites for hydroxylation is 1. The molecule has 1 heterocycles. The highest BCUT2D eigenvalue weighted by molar-refractivity contribution is 5.84. The Kier molecular flexibility index (Phi) is 5.28. The van der Waals surface area contributed by atoms with Crippen LogP contribution in [0.2, 0.25) is 0 Å². The summed E-state index contributed by atoms with van der Waals surface area (Å²) < 4.78 is 0. The zero-order valence-corrected chi connectivity index (χ0v) is 13.8. The number of carbonyl (C=O) groups is 1. The topological polar surface area (TPSA) is 78.3 Å². The number of nitrogens with zero attached hydrogens (tertiary/aromatic N) is 3. The zero-order valence-electron chi connectivity index (χ0n) is 13.8. The Hall–Kier alpha value is -2.47. The second-order valence-corrected chi connectivity index (χ2v) is 5.79. The number of aromatic carboxylic acids is 1. The number of likely N-dealkylation sites (N-methyl/N-ethyl adjacent to an activating group) is 1. The van der Waals surface area contributed by atoms with Crippen molar-refractivity contribution in [1.29, 1.82) is 0 Å². The van der Waals surface area contributed by atoms with Crippen molar-refractivity contribution in [3.8, 4) is 0 Å². The van der Waals surface area contributed by atoms with Gasteiger partial charge in [-0.25, -0.2) is 14.8 Å². The zero-order chi connectivity index (χ0) is 17.0. The van der Waals surface area contributed by atoms with E-state index >= 15 is 0 Å². The monoisotopic (exact) mass is 314 g/mol. The standard InChI is InChI=1S/C17H22N4O2/c1-11-7-5-6-8-13(11)16(21(3)4)12(2)20-15-10-18-14(9-19-15)17(22)23/h5-10,12,16H,1-4H3,(H,19,20)(H,22,23). The Balaban J connectivity index is 2.20. The van der Waals surface area contributed by atoms with Gasteiger partial charge in [0, 0.05) is 6.04 Å². The number of rotatable bonds is 6. The first-order valence-corrected chi connectivity index (χ1v) is 7.44. The highest BCUT2D eigenvalue weighted by Gasteiger charge is 2.23. The molecule has 6 nitrogen and oxygen atoms in total. The summed E-state index contributed by atoms with van der Waals surface area (Å²) in [6, 6.07) is 8.50. The van der Waals surface area contributed by atoms with Crippen molar-refractivity contribution in [2.45, 2.75) is 25.9 Å². The van der Waals surface area contributed by atoms with Crippen LogP contribution in [0, 0.1) is 6.92 Å². The summed E-state index contributed by atoms with van der Waals surface area (Å²) in [6.45, 7) is 4.17. The van der Waals surface area contributed by atoms with Gasteiger partial charge in [-0.1, -0.05) is 24.3 Å². The van der Waals surface area contributed by atoms with Crippen molar-refractivity contribution < 1.29 is 9.90 Å². The highest BCUT2D eigenvalue weighted by Crippen LogP contribution is 2.26. The number of aromatic nitrogens is 2. The maximum absolute atomic E-state index is 10.8. The van der Waals surface area contributed by atoms with Crippen LogP contribution >= 0.6 is 0 Å². The van der Waals surface area contributed by atoms with E-state index in [4.69, 9.17) is 5.11 Å². The third kappa shape index (κ3) is 4.04. The van der Waals surface area contributed by atoms with E-state index in [1.54, 1.807) is 0 Å². The third-order valence-electron chi connectivity index (χ3n) is 3.78. The van der Waals surface area contributed by atoms with Crippen molar-refractivity contribution in [3.63, 3.8) is 0 Å². The van der Waals surface area contributed by atoms with Crippen LogP contribution in [0.1, 0.15) is 34.6 Å². The molecule has 122 valence electrons. The van der Waals surface area contributed by atoms with Gasteiger partial charge < -0.3 is 15.3 Å². The smallest absolute Gasteiger partial charge is 0.356 e. The average Bonchev–Trinajstić information content (AvgIpc) is 2.49. The molecule has 2 aromatic rings. The molecule has 0 spiro atoms. The molecule has 2 atom stereocenters. The Morgan fingerprint density at radius 1 is 1.22 bits per heavy atom. The Morgan fingerprint density at radius 3 is 2.43 bits per heavy atom. The summed E-state index contributed by atoms with van der Waals surface area (Å²) in [4.78, 5) is 21.0. The summed E-state index contributed by atoms with van der Waals surface area (Å²) >= 11 is 0. The maximum atomic E-state index is 10.8. The van der Waals surface area contributed by atoms with Crippen LogP contribution in [-0.4, -0.2) is 46.1 Å². The molecule has 23 heavy (non-hydrogen) atoms. The minimum Gasteiger partial charge on any atom is -0.476 e. The molecule has 0 aliphatic carbocycles. The Labute approximate surface area is 136 Å². The molecule has 0 aliphatic heterocycles. The minimum absolute atomic E-state index is 0.0636. The van der Waals surface area contributed by atoms with Crippen LogP contribution in [0.15, 0.2) is 36.7 Å². The largest absolute Gasteiger partial charge is 0.476 e. The molecule has 1 aromatic heterocycles. The second-order valence-electron chi connectivity index (χ2n) is 5.79. The number of carboxylic acid groups (broad SMARTS) is 1. The van der Waals surface area contributed by atoms with Gasteiger partial charge in [0.2, 0.25) is 0 Å². The molecule has 0 fully saturated rings. The summed E-state index contributed by atoms with van der Waals surface area (Å²) in [5.74, 6) is -0.522. The summed E-state index contributed by atoms with van der Waals surface area (Å²) in [5.41, 5.74) is 2.41. The molecule has 2 unspecified atom stereocenters. The van der Waals surface area contributed by atoms with E-state index in [-0.39, 0.29) is 17.8 Å². The predicted molar refractivity (Wildman–Crippen MR) is 89.7 cm³/mol. The summed E-state index contributed by atoms with van der Waals surface area (Å²) in [7, 11) is 4.07. The molecule has 2 N–H and O–H groups in total. The van der Waals surface area contributed by atoms with E-state index in [0.717, 1.165) is 0 Å². The molecule has 0 bridgehead atoms. The van der Waals surface area contributed by atoms with E-state index in [1.165, 1.54) is 23.5 Å². The number of nitrogens with one attached hydrogen (secondary N) is 1. The average molecular weight is 314 g/mol. The van der Waals surface area contributed by atoms with Gasteiger partial charge in [-0.15, -0.1) is 0 Å². The third-order valence-corrected chi connectivity index (χ3v) is 3.78. The van der Waals surface area contributed by atoms with Crippen LogP contribution in [0.3, 0.4) is 0 Å². The second kappa shape index (κ2) is 7.19. The van der Waals surface area contributed by atoms with Gasteiger partial charge in [0.25, 0.3) is 0 Å². The van der Waals surface area contributed by atoms with E-state index in [0.29, 0.717) is 5.82 Å². The van der Waals surface area contributed by atoms with Gasteiger partial charge in [-0.2, -0.15) is 0 Å². The first-order chi connectivity index (χ1) is 10.9. The molecule has 1 aromatic carbocycles. The lowest BCUT2D eigenvalue weighted by molar-refractivity contribution is 0.0690. The molecular weight excluding hydrogens is 292 g/mol. The van der Waals surface area contributed by atoms with Gasteiger partial charge in [0.1, 0.15) is 5.82 Å². The van der Waals surface area contributed by atoms with Crippen LogP contribution < -0.4 is 5.32 Å². The first kappa shape index (κ1) is 16.9. The fourth-order valence-corrected chi connectivity index (χ4v) is 2.74. The molecule has 6 heteroatoms. The summed E-state index contributed by atoms with van der Waals surface area (Å²) in [6.07, 6.45) is 2.71. The van der Waals surface area contributed by atoms with Crippen molar-refractivity contribution in [2.24, 2.45) is 0 Å². The molecule has 0 saturated heterocycles. The molecular formula is C17H22N4O2. The molecule has 0 aliphatic rings. The van der Waals surface area contributed by atoms with Crippen LogP contribution in [0.25, 0.3) is 0 Å². The van der Waals surface area contributed by atoms with Gasteiger partial charge in [0.15, 0.2) is 5.69 Å². The fraction of sp³-hybridized carbons (Fsp3) is 0.353. The van der Waals surface area contributed by atoms with Gasteiger partial charge in [-0.3, -0.25) is 0 Å². The summed E-state index contributed by atoms with van der Waals surface area (Å²) in [5, 5.41) is 12.2. The van der Waals surface area contributed by atoms with Gasteiger partial charge in [0.05, 0.1) is 18.4 Å². The molecule has 0 radical (unpaired) electrons. The van der Waals surface area contributed by atoms with Crippen LogP contribution in [0.4, 0.5) is 5.82 Å². The van der Waals surface area contributed by atoms with Crippen molar-refractivity contribution >= 4 is 11.8 Å². The van der Waals surface area contributed by atoms with E-state index in [9.17, 15) is 4.79 Å². The van der Waals surface area contributed by atoms with E-state index in [1.807, 2.05) is 26.2 Å². The molecule has 2 rings (SSSR count). The van der Waals surface area contributed by atoms with Crippen molar-refractivity contribution in [3.05, 3.63) is 53.5 Å². The number of hydrogen-bond donors (Lipinski definition) is 2. The molecule has 0 saturated carbocycles. The van der Waals surface area contributed by atoms with Crippen molar-refractivity contribution in [2.75, 3.05) is 19.4 Å². The molecule has 0 amide bonds. The number of anilines is 1. The van der Waals surface area contributed by atoms with Gasteiger partial charge in [-0.05, 0) is 39.1 Å². The highest BCUT2D eigenvalue weighted by atomic mass is 16.4. The lowest BCUT2D eigenvalue weighted by Crippen LogP contribution is -2.35. The normalized spacial score (nSPS) is 13.6.